The van der Waals surface area contributed by atoms with Crippen molar-refractivity contribution >= 4 is 13.3 Å². The van der Waals surface area contributed by atoms with E-state index in [0.29, 0.717) is 38.0 Å². The Morgan fingerprint density at radius 1 is 1.27 bits per heavy atom. The predicted molar refractivity (Wildman–Crippen MR) is 113 cm³/mol. The lowest BCUT2D eigenvalue weighted by Crippen LogP contribution is -2.53. The third-order valence-electron chi connectivity index (χ3n) is 5.77. The molecular formula is C21H27FN3O4P. The van der Waals surface area contributed by atoms with Crippen LogP contribution in [0.1, 0.15) is 24.8 Å². The highest BCUT2D eigenvalue weighted by Crippen LogP contribution is 2.59. The molecule has 3 rings (SSSR count). The molecule has 9 heteroatoms. The number of hydrogen-bond donors (Lipinski definition) is 3. The molecule has 1 aromatic carbocycles. The zero-order chi connectivity index (χ0) is 21.8. The fourth-order valence-corrected chi connectivity index (χ4v) is 6.26. The summed E-state index contributed by atoms with van der Waals surface area (Å²) in [5, 5.41) is 8.22. The van der Waals surface area contributed by atoms with Gasteiger partial charge in [0.25, 0.3) is 0 Å². The molecule has 1 saturated heterocycles. The molecule has 0 bridgehead atoms. The quantitative estimate of drug-likeness (QED) is 0.431. The number of hydrogen-bond acceptors (Lipinski definition) is 5. The average Bonchev–Trinajstić information content (AvgIpc) is 2.72. The van der Waals surface area contributed by atoms with Crippen LogP contribution in [0.5, 0.6) is 0 Å². The van der Waals surface area contributed by atoms with Gasteiger partial charge in [0.05, 0.1) is 0 Å². The molecule has 162 valence electrons. The molecule has 0 amide bonds. The van der Waals surface area contributed by atoms with Crippen molar-refractivity contribution in [1.82, 2.24) is 9.88 Å². The molecule has 0 saturated carbocycles. The van der Waals surface area contributed by atoms with Gasteiger partial charge in [-0.3, -0.25) is 19.2 Å². The Balaban J connectivity index is 1.89. The van der Waals surface area contributed by atoms with Crippen molar-refractivity contribution in [3.63, 3.8) is 0 Å². The topological polar surface area (TPSA) is 117 Å². The lowest BCUT2D eigenvalue weighted by molar-refractivity contribution is -0.141. The van der Waals surface area contributed by atoms with E-state index in [0.717, 1.165) is 11.1 Å². The van der Waals surface area contributed by atoms with Gasteiger partial charge in [0.2, 0.25) is 7.37 Å². The van der Waals surface area contributed by atoms with E-state index in [2.05, 4.69) is 4.98 Å². The third-order valence-corrected chi connectivity index (χ3v) is 8.47. The molecule has 1 aliphatic rings. The molecule has 0 radical (unpaired) electrons. The third kappa shape index (κ3) is 4.62. The van der Waals surface area contributed by atoms with Gasteiger partial charge in [0.15, 0.2) is 5.16 Å². The number of carboxylic acids is 1. The van der Waals surface area contributed by atoms with Crippen LogP contribution >= 0.6 is 7.37 Å². The Kier molecular flexibility index (Phi) is 7.03. The van der Waals surface area contributed by atoms with Crippen LogP contribution in [0.15, 0.2) is 42.7 Å². The summed E-state index contributed by atoms with van der Waals surface area (Å²) in [5.74, 6) is -1.62. The summed E-state index contributed by atoms with van der Waals surface area (Å²) >= 11 is 0. The second-order valence-corrected chi connectivity index (χ2v) is 10.5. The summed E-state index contributed by atoms with van der Waals surface area (Å²) in [6.07, 6.45) is 4.33. The van der Waals surface area contributed by atoms with Gasteiger partial charge in [-0.15, -0.1) is 0 Å². The number of carbonyl (C=O) groups is 1. The Labute approximate surface area is 175 Å². The fraction of sp³-hybridized carbons (Fsp3) is 0.429. The zero-order valence-electron chi connectivity index (χ0n) is 16.7. The Bertz CT molecular complexity index is 943. The lowest BCUT2D eigenvalue weighted by Gasteiger charge is -2.43. The summed E-state index contributed by atoms with van der Waals surface area (Å²) in [6, 6.07) is 8.05. The number of nitrogens with zero attached hydrogens (tertiary/aromatic N) is 2. The number of pyridine rings is 1. The van der Waals surface area contributed by atoms with Crippen molar-refractivity contribution in [1.29, 1.82) is 0 Å². The minimum absolute atomic E-state index is 0.0339. The summed E-state index contributed by atoms with van der Waals surface area (Å²) in [7, 11) is -3.89. The molecule has 2 atom stereocenters. The van der Waals surface area contributed by atoms with Gasteiger partial charge in [-0.1, -0.05) is 12.5 Å². The van der Waals surface area contributed by atoms with Crippen LogP contribution in [0.3, 0.4) is 0 Å². The normalized spacial score (nSPS) is 24.6. The summed E-state index contributed by atoms with van der Waals surface area (Å²) in [5.41, 5.74) is 7.83. The van der Waals surface area contributed by atoms with E-state index in [4.69, 9.17) is 5.73 Å². The minimum atomic E-state index is -3.89. The van der Waals surface area contributed by atoms with Gasteiger partial charge in [-0.05, 0) is 60.3 Å². The number of rotatable bonds is 8. The number of aromatic nitrogens is 1. The Morgan fingerprint density at radius 3 is 2.67 bits per heavy atom. The molecule has 2 heterocycles. The molecule has 1 aromatic heterocycles. The summed E-state index contributed by atoms with van der Waals surface area (Å²) in [4.78, 5) is 28.6. The Morgan fingerprint density at radius 2 is 2.00 bits per heavy atom. The van der Waals surface area contributed by atoms with Crippen molar-refractivity contribution in [2.45, 2.75) is 31.0 Å². The molecule has 30 heavy (non-hydrogen) atoms. The number of benzene rings is 1. The maximum Gasteiger partial charge on any atom is 0.320 e. The average molecular weight is 435 g/mol. The second-order valence-electron chi connectivity index (χ2n) is 7.76. The number of aliphatic carboxylic acids is 1. The van der Waals surface area contributed by atoms with E-state index in [1.807, 2.05) is 4.90 Å². The number of unbranched alkanes of at least 4 members (excludes halogenated alkanes) is 1. The molecule has 2 aromatic rings. The van der Waals surface area contributed by atoms with Crippen LogP contribution in [0.4, 0.5) is 4.39 Å². The summed E-state index contributed by atoms with van der Waals surface area (Å²) < 4.78 is 26.8. The first-order valence-electron chi connectivity index (χ1n) is 9.96. The number of carboxylic acid groups (broad SMARTS) is 1. The number of halogens is 1. The first-order valence-corrected chi connectivity index (χ1v) is 11.8. The van der Waals surface area contributed by atoms with Crippen LogP contribution in [0.25, 0.3) is 11.1 Å². The SMILES string of the molecule is NCCCC[C@@]1(C(=O)O)CN(Cc2ccc(F)cc2-c2ccncc2)CCP1(=O)O. The standard InChI is InChI=1S/C21H27FN3O4P/c22-18-4-3-17(19(13-18)16-5-9-24-10-6-16)14-25-11-12-30(28,29)21(15-25,20(26)27)7-1-2-8-23/h3-6,9-10,13H,1-2,7-8,11-12,14-15,23H2,(H,26,27)(H,28,29)/t21-/m0/s1. The van der Waals surface area contributed by atoms with E-state index in [9.17, 15) is 23.7 Å². The molecule has 0 spiro atoms. The van der Waals surface area contributed by atoms with Gasteiger partial charge in [0.1, 0.15) is 5.82 Å². The molecule has 0 aliphatic carbocycles. The van der Waals surface area contributed by atoms with Crippen molar-refractivity contribution in [3.8, 4) is 11.1 Å². The van der Waals surface area contributed by atoms with Gasteiger partial charge in [0, 0.05) is 38.2 Å². The van der Waals surface area contributed by atoms with Crippen molar-refractivity contribution in [2.75, 3.05) is 25.8 Å². The molecule has 1 aliphatic heterocycles. The fourth-order valence-electron chi connectivity index (χ4n) is 4.05. The molecule has 1 unspecified atom stereocenters. The van der Waals surface area contributed by atoms with Gasteiger partial charge in [-0.25, -0.2) is 4.39 Å². The summed E-state index contributed by atoms with van der Waals surface area (Å²) in [6.45, 7) is 1.02. The van der Waals surface area contributed by atoms with Gasteiger partial charge >= 0.3 is 5.97 Å². The van der Waals surface area contributed by atoms with Crippen LogP contribution in [-0.4, -0.2) is 56.8 Å². The van der Waals surface area contributed by atoms with E-state index in [1.54, 1.807) is 30.6 Å². The molecule has 1 fully saturated rings. The second kappa shape index (κ2) is 9.35. The van der Waals surface area contributed by atoms with Gasteiger partial charge < -0.3 is 15.7 Å². The first-order chi connectivity index (χ1) is 14.3. The van der Waals surface area contributed by atoms with Crippen LogP contribution in [0, 0.1) is 5.82 Å². The van der Waals surface area contributed by atoms with Crippen LogP contribution < -0.4 is 5.73 Å². The van der Waals surface area contributed by atoms with Crippen molar-refractivity contribution in [3.05, 3.63) is 54.1 Å². The monoisotopic (exact) mass is 435 g/mol. The number of nitrogens with two attached hydrogens (primary N) is 1. The Hall–Kier alpha value is -2.12. The molecule has 7 nitrogen and oxygen atoms in total. The smallest absolute Gasteiger partial charge is 0.320 e. The minimum Gasteiger partial charge on any atom is -0.480 e. The zero-order valence-corrected chi connectivity index (χ0v) is 17.6. The first kappa shape index (κ1) is 22.6. The highest BCUT2D eigenvalue weighted by Gasteiger charge is 2.56. The van der Waals surface area contributed by atoms with E-state index < -0.39 is 18.5 Å². The van der Waals surface area contributed by atoms with E-state index in [-0.39, 0.29) is 24.9 Å². The van der Waals surface area contributed by atoms with Crippen molar-refractivity contribution in [2.24, 2.45) is 5.73 Å². The largest absolute Gasteiger partial charge is 0.480 e. The lowest BCUT2D eigenvalue weighted by atomic mass is 9.97. The van der Waals surface area contributed by atoms with E-state index in [1.165, 1.54) is 12.1 Å². The van der Waals surface area contributed by atoms with Crippen molar-refractivity contribution < 1.29 is 23.7 Å². The van der Waals surface area contributed by atoms with Crippen LogP contribution in [0.2, 0.25) is 0 Å². The predicted octanol–water partition coefficient (Wildman–Crippen LogP) is 2.93. The maximum absolute atomic E-state index is 13.9. The highest BCUT2D eigenvalue weighted by molar-refractivity contribution is 7.61. The molecular weight excluding hydrogens is 408 g/mol. The van der Waals surface area contributed by atoms with Crippen LogP contribution in [-0.2, 0) is 15.9 Å². The van der Waals surface area contributed by atoms with E-state index >= 15 is 0 Å². The maximum atomic E-state index is 13.9. The molecule has 4 N–H and O–H groups in total. The van der Waals surface area contributed by atoms with Gasteiger partial charge in [-0.2, -0.15) is 0 Å². The highest BCUT2D eigenvalue weighted by atomic mass is 31.2.